The molecule has 0 aliphatic heterocycles. The number of aromatic nitrogens is 2. The molecule has 0 fully saturated rings. The summed E-state index contributed by atoms with van der Waals surface area (Å²) in [6.07, 6.45) is 0.937. The van der Waals surface area contributed by atoms with Crippen molar-refractivity contribution in [3.8, 4) is 11.3 Å². The molecule has 0 radical (unpaired) electrons. The van der Waals surface area contributed by atoms with Crippen LogP contribution in [-0.4, -0.2) is 22.4 Å². The predicted octanol–water partition coefficient (Wildman–Crippen LogP) is 3.14. The zero-order chi connectivity index (χ0) is 12.3. The minimum atomic E-state index is -2.37. The van der Waals surface area contributed by atoms with Gasteiger partial charge in [0, 0.05) is 5.69 Å². The highest BCUT2D eigenvalue weighted by Gasteiger charge is 2.13. The highest BCUT2D eigenvalue weighted by atomic mass is 19.3. The lowest BCUT2D eigenvalue weighted by atomic mass is 10.1. The molecule has 1 atom stereocenters. The zero-order valence-corrected chi connectivity index (χ0v) is 9.32. The second-order valence-corrected chi connectivity index (χ2v) is 3.81. The molecule has 0 saturated heterocycles. The molecule has 2 rings (SSSR count). The molecule has 0 saturated carbocycles. The van der Waals surface area contributed by atoms with Crippen molar-refractivity contribution in [2.75, 3.05) is 5.32 Å². The van der Waals surface area contributed by atoms with Crippen LogP contribution in [-0.2, 0) is 0 Å². The number of imidazole rings is 1. The average molecular weight is 237 g/mol. The number of aromatic amines is 1. The molecule has 90 valence electrons. The van der Waals surface area contributed by atoms with Crippen LogP contribution in [0.1, 0.15) is 6.92 Å². The van der Waals surface area contributed by atoms with Crippen LogP contribution in [0.2, 0.25) is 0 Å². The van der Waals surface area contributed by atoms with E-state index in [0.717, 1.165) is 11.3 Å². The van der Waals surface area contributed by atoms with Gasteiger partial charge in [0.2, 0.25) is 0 Å². The number of hydrogen-bond donors (Lipinski definition) is 2. The SMILES string of the molecule is CC(Nc1ccc(-c2cnc[nH]2)cc1)C(F)F. The van der Waals surface area contributed by atoms with Gasteiger partial charge in [-0.2, -0.15) is 0 Å². The van der Waals surface area contributed by atoms with Gasteiger partial charge in [-0.1, -0.05) is 12.1 Å². The number of anilines is 1. The van der Waals surface area contributed by atoms with Crippen LogP contribution in [0.3, 0.4) is 0 Å². The molecule has 0 amide bonds. The zero-order valence-electron chi connectivity index (χ0n) is 9.32. The van der Waals surface area contributed by atoms with E-state index in [-0.39, 0.29) is 0 Å². The van der Waals surface area contributed by atoms with Crippen molar-refractivity contribution in [2.45, 2.75) is 19.4 Å². The lowest BCUT2D eigenvalue weighted by Crippen LogP contribution is -2.23. The Morgan fingerprint density at radius 1 is 1.24 bits per heavy atom. The number of H-pyrrole nitrogens is 1. The number of benzene rings is 1. The van der Waals surface area contributed by atoms with Crippen molar-refractivity contribution < 1.29 is 8.78 Å². The van der Waals surface area contributed by atoms with Crippen molar-refractivity contribution in [3.05, 3.63) is 36.8 Å². The number of rotatable bonds is 4. The lowest BCUT2D eigenvalue weighted by Gasteiger charge is -2.14. The summed E-state index contributed by atoms with van der Waals surface area (Å²) in [5.74, 6) is 0. The molecule has 1 heterocycles. The Kier molecular flexibility index (Phi) is 3.37. The van der Waals surface area contributed by atoms with E-state index in [0.29, 0.717) is 5.69 Å². The number of alkyl halides is 2. The summed E-state index contributed by atoms with van der Waals surface area (Å²) in [7, 11) is 0. The van der Waals surface area contributed by atoms with Gasteiger partial charge in [-0.05, 0) is 24.6 Å². The summed E-state index contributed by atoms with van der Waals surface area (Å²) in [4.78, 5) is 6.90. The van der Waals surface area contributed by atoms with Crippen molar-refractivity contribution in [1.82, 2.24) is 9.97 Å². The van der Waals surface area contributed by atoms with Crippen LogP contribution >= 0.6 is 0 Å². The van der Waals surface area contributed by atoms with Gasteiger partial charge >= 0.3 is 0 Å². The van der Waals surface area contributed by atoms with Gasteiger partial charge in [0.25, 0.3) is 6.43 Å². The maximum atomic E-state index is 12.3. The fourth-order valence-corrected chi connectivity index (χ4v) is 1.49. The molecule has 0 spiro atoms. The summed E-state index contributed by atoms with van der Waals surface area (Å²) < 4.78 is 24.7. The van der Waals surface area contributed by atoms with Crippen molar-refractivity contribution in [1.29, 1.82) is 0 Å². The van der Waals surface area contributed by atoms with Gasteiger partial charge in [-0.15, -0.1) is 0 Å². The van der Waals surface area contributed by atoms with Gasteiger partial charge < -0.3 is 10.3 Å². The van der Waals surface area contributed by atoms with E-state index in [9.17, 15) is 8.78 Å². The highest BCUT2D eigenvalue weighted by molar-refractivity contribution is 5.62. The van der Waals surface area contributed by atoms with E-state index >= 15 is 0 Å². The van der Waals surface area contributed by atoms with E-state index in [1.165, 1.54) is 6.92 Å². The molecule has 1 unspecified atom stereocenters. The first kappa shape index (κ1) is 11.6. The van der Waals surface area contributed by atoms with Crippen LogP contribution in [0.15, 0.2) is 36.8 Å². The molecule has 5 heteroatoms. The molecule has 0 aliphatic carbocycles. The third-order valence-electron chi connectivity index (χ3n) is 2.47. The summed E-state index contributed by atoms with van der Waals surface area (Å²) in [5, 5.41) is 2.74. The second kappa shape index (κ2) is 4.95. The molecule has 3 nitrogen and oxygen atoms in total. The number of nitrogens with zero attached hydrogens (tertiary/aromatic N) is 1. The van der Waals surface area contributed by atoms with E-state index < -0.39 is 12.5 Å². The van der Waals surface area contributed by atoms with E-state index in [1.807, 2.05) is 12.1 Å². The van der Waals surface area contributed by atoms with Crippen molar-refractivity contribution >= 4 is 5.69 Å². The Bertz CT molecular complexity index is 451. The van der Waals surface area contributed by atoms with Gasteiger partial charge in [0.05, 0.1) is 24.3 Å². The Morgan fingerprint density at radius 2 is 1.94 bits per heavy atom. The summed E-state index contributed by atoms with van der Waals surface area (Å²) >= 11 is 0. The quantitative estimate of drug-likeness (QED) is 0.857. The average Bonchev–Trinajstić information content (AvgIpc) is 2.83. The molecular formula is C12H13F2N3. The standard InChI is InChI=1S/C12H13F2N3/c1-8(12(13)14)17-10-4-2-9(3-5-10)11-6-15-7-16-11/h2-8,12,17H,1H3,(H,15,16). The Labute approximate surface area is 97.9 Å². The third kappa shape index (κ3) is 2.81. The molecular weight excluding hydrogens is 224 g/mol. The first-order valence-corrected chi connectivity index (χ1v) is 5.30. The number of halogens is 2. The molecule has 2 aromatic rings. The van der Waals surface area contributed by atoms with E-state index in [2.05, 4.69) is 15.3 Å². The fourth-order valence-electron chi connectivity index (χ4n) is 1.49. The molecule has 0 bridgehead atoms. The van der Waals surface area contributed by atoms with Crippen molar-refractivity contribution in [3.63, 3.8) is 0 Å². The number of hydrogen-bond acceptors (Lipinski definition) is 2. The van der Waals surface area contributed by atoms with E-state index in [4.69, 9.17) is 0 Å². The van der Waals surface area contributed by atoms with Crippen LogP contribution < -0.4 is 5.32 Å². The second-order valence-electron chi connectivity index (χ2n) is 3.81. The topological polar surface area (TPSA) is 40.7 Å². The summed E-state index contributed by atoms with van der Waals surface area (Å²) in [6, 6.07) is 6.40. The summed E-state index contributed by atoms with van der Waals surface area (Å²) in [5.41, 5.74) is 2.55. The first-order chi connectivity index (χ1) is 8.16. The van der Waals surface area contributed by atoms with Crippen molar-refractivity contribution in [2.24, 2.45) is 0 Å². The predicted molar refractivity (Wildman–Crippen MR) is 63.1 cm³/mol. The smallest absolute Gasteiger partial charge is 0.258 e. The molecule has 1 aromatic heterocycles. The Morgan fingerprint density at radius 3 is 2.47 bits per heavy atom. The fraction of sp³-hybridized carbons (Fsp3) is 0.250. The van der Waals surface area contributed by atoms with Gasteiger partial charge in [-0.25, -0.2) is 13.8 Å². The maximum Gasteiger partial charge on any atom is 0.258 e. The minimum absolute atomic E-state index is 0.682. The normalized spacial score (nSPS) is 12.7. The molecule has 1 aromatic carbocycles. The number of nitrogens with one attached hydrogen (secondary N) is 2. The lowest BCUT2D eigenvalue weighted by molar-refractivity contribution is 0.131. The van der Waals surface area contributed by atoms with E-state index in [1.54, 1.807) is 24.7 Å². The van der Waals surface area contributed by atoms with Crippen LogP contribution in [0, 0.1) is 0 Å². The van der Waals surface area contributed by atoms with Crippen LogP contribution in [0.4, 0.5) is 14.5 Å². The highest BCUT2D eigenvalue weighted by Crippen LogP contribution is 2.19. The largest absolute Gasteiger partial charge is 0.377 e. The summed E-state index contributed by atoms with van der Waals surface area (Å²) in [6.45, 7) is 1.45. The first-order valence-electron chi connectivity index (χ1n) is 5.30. The molecule has 17 heavy (non-hydrogen) atoms. The Balaban J connectivity index is 2.08. The van der Waals surface area contributed by atoms with Gasteiger partial charge in [0.1, 0.15) is 0 Å². The van der Waals surface area contributed by atoms with Crippen LogP contribution in [0.25, 0.3) is 11.3 Å². The minimum Gasteiger partial charge on any atom is -0.377 e. The van der Waals surface area contributed by atoms with Gasteiger partial charge in [-0.3, -0.25) is 0 Å². The monoisotopic (exact) mass is 237 g/mol. The maximum absolute atomic E-state index is 12.3. The Hall–Kier alpha value is -1.91. The third-order valence-corrected chi connectivity index (χ3v) is 2.47. The molecule has 0 aliphatic rings. The molecule has 2 N–H and O–H groups in total. The van der Waals surface area contributed by atoms with Crippen LogP contribution in [0.5, 0.6) is 0 Å². The van der Waals surface area contributed by atoms with Gasteiger partial charge in [0.15, 0.2) is 0 Å².